The van der Waals surface area contributed by atoms with Gasteiger partial charge in [0.1, 0.15) is 0 Å². The van der Waals surface area contributed by atoms with Crippen molar-refractivity contribution in [1.29, 1.82) is 0 Å². The van der Waals surface area contributed by atoms with Crippen molar-refractivity contribution < 1.29 is 36.7 Å². The smallest absolute Gasteiger partial charge is 0.294 e. The van der Waals surface area contributed by atoms with Gasteiger partial charge in [-0.3, -0.25) is 4.55 Å². The van der Waals surface area contributed by atoms with Crippen molar-refractivity contribution in [3.05, 3.63) is 65.2 Å². The third kappa shape index (κ3) is 12.3. The van der Waals surface area contributed by atoms with Gasteiger partial charge in [0.2, 0.25) is 0 Å². The van der Waals surface area contributed by atoms with E-state index < -0.39 is 10.1 Å². The molecule has 0 saturated carbocycles. The van der Waals surface area contributed by atoms with E-state index in [1.165, 1.54) is 6.07 Å². The minimum atomic E-state index is -4.24. The molecule has 0 aromatic heterocycles. The van der Waals surface area contributed by atoms with Gasteiger partial charge in [-0.15, -0.1) is 0 Å². The number of hydrogen-bond donors (Lipinski definition) is 1. The van der Waals surface area contributed by atoms with Crippen LogP contribution in [0.4, 0.5) is 0 Å². The van der Waals surface area contributed by atoms with Gasteiger partial charge in [-0.1, -0.05) is 48.0 Å². The maximum Gasteiger partial charge on any atom is 0.294 e. The van der Waals surface area contributed by atoms with Crippen LogP contribution in [0.25, 0.3) is 0 Å². The lowest BCUT2D eigenvalue weighted by Gasteiger charge is -2.10. The molecule has 0 unspecified atom stereocenters. The zero-order valence-corrected chi connectivity index (χ0v) is 19.9. The van der Waals surface area contributed by atoms with E-state index in [2.05, 4.69) is 0 Å². The summed E-state index contributed by atoms with van der Waals surface area (Å²) in [6, 6.07) is 14.8. The molecule has 0 aliphatic carbocycles. The molecule has 0 radical (unpaired) electrons. The lowest BCUT2D eigenvalue weighted by Crippen LogP contribution is -2.13. The fourth-order valence-electron chi connectivity index (χ4n) is 2.98. The minimum Gasteiger partial charge on any atom is -0.379 e. The predicted octanol–water partition coefficient (Wildman–Crippen LogP) is 3.07. The normalized spacial score (nSPS) is 11.7. The molecule has 33 heavy (non-hydrogen) atoms. The van der Waals surface area contributed by atoms with Crippen LogP contribution in [-0.2, 0) is 46.8 Å². The summed E-state index contributed by atoms with van der Waals surface area (Å²) in [6.45, 7) is 6.56. The quantitative estimate of drug-likeness (QED) is 0.256. The van der Waals surface area contributed by atoms with Gasteiger partial charge in [-0.25, -0.2) is 0 Å². The lowest BCUT2D eigenvalue weighted by atomic mass is 10.1. The van der Waals surface area contributed by atoms with Crippen molar-refractivity contribution in [2.75, 3.05) is 59.5 Å². The Kier molecular flexibility index (Phi) is 13.2. The summed E-state index contributed by atoms with van der Waals surface area (Å²) in [6.07, 6.45) is 0.386. The summed E-state index contributed by atoms with van der Waals surface area (Å²) in [5.41, 5.74) is 2.60. The highest BCUT2D eigenvalue weighted by Gasteiger charge is 2.15. The van der Waals surface area contributed by atoms with E-state index in [1.54, 1.807) is 12.1 Å². The Morgan fingerprint density at radius 3 is 1.76 bits per heavy atom. The highest BCUT2D eigenvalue weighted by atomic mass is 32.2. The Bertz CT molecular complexity index is 887. The average molecular weight is 483 g/mol. The second kappa shape index (κ2) is 15.9. The summed E-state index contributed by atoms with van der Waals surface area (Å²) >= 11 is 0. The van der Waals surface area contributed by atoms with Gasteiger partial charge in [-0.05, 0) is 30.5 Å². The van der Waals surface area contributed by atoms with Gasteiger partial charge in [0, 0.05) is 0 Å². The number of rotatable bonds is 18. The third-order valence-electron chi connectivity index (χ3n) is 4.61. The molecule has 0 aliphatic rings. The summed E-state index contributed by atoms with van der Waals surface area (Å²) in [4.78, 5) is -0.0752. The first-order valence-electron chi connectivity index (χ1n) is 11.0. The van der Waals surface area contributed by atoms with Crippen molar-refractivity contribution >= 4 is 10.1 Å². The zero-order valence-electron chi connectivity index (χ0n) is 19.1. The van der Waals surface area contributed by atoms with Crippen molar-refractivity contribution in [2.45, 2.75) is 24.8 Å². The van der Waals surface area contributed by atoms with Gasteiger partial charge in [0.25, 0.3) is 10.1 Å². The van der Waals surface area contributed by atoms with E-state index in [1.807, 2.05) is 37.3 Å². The second-order valence-corrected chi connectivity index (χ2v) is 8.71. The maximum absolute atomic E-state index is 11.4. The van der Waals surface area contributed by atoms with Crippen molar-refractivity contribution in [1.82, 2.24) is 0 Å². The molecule has 0 aliphatic heterocycles. The molecular formula is C24H34O8S. The number of hydrogen-bond acceptors (Lipinski definition) is 7. The fraction of sp³-hybridized carbons (Fsp3) is 0.500. The Hall–Kier alpha value is -1.85. The Balaban J connectivity index is 1.37. The summed E-state index contributed by atoms with van der Waals surface area (Å²) < 4.78 is 59.6. The number of benzene rings is 2. The molecule has 9 heteroatoms. The Morgan fingerprint density at radius 2 is 1.21 bits per heavy atom. The molecule has 0 atom stereocenters. The zero-order chi connectivity index (χ0) is 23.8. The van der Waals surface area contributed by atoms with Gasteiger partial charge < -0.3 is 23.7 Å². The molecule has 0 spiro atoms. The van der Waals surface area contributed by atoms with Gasteiger partial charge in [0.05, 0.1) is 71.0 Å². The molecule has 8 nitrogen and oxygen atoms in total. The number of aryl methyl sites for hydroxylation is 1. The van der Waals surface area contributed by atoms with Crippen LogP contribution < -0.4 is 0 Å². The number of ether oxygens (including phenoxy) is 5. The lowest BCUT2D eigenvalue weighted by molar-refractivity contribution is -0.0123. The van der Waals surface area contributed by atoms with Crippen molar-refractivity contribution in [2.24, 2.45) is 0 Å². The molecule has 0 saturated heterocycles. The second-order valence-electron chi connectivity index (χ2n) is 7.32. The van der Waals surface area contributed by atoms with Crippen LogP contribution in [-0.4, -0.2) is 72.4 Å². The van der Waals surface area contributed by atoms with E-state index in [9.17, 15) is 13.0 Å². The van der Waals surface area contributed by atoms with Crippen LogP contribution >= 0.6 is 0 Å². The first-order valence-corrected chi connectivity index (χ1v) is 12.4. The largest absolute Gasteiger partial charge is 0.379 e. The summed E-state index contributed by atoms with van der Waals surface area (Å²) in [5, 5.41) is 0. The van der Waals surface area contributed by atoms with Crippen LogP contribution in [0.3, 0.4) is 0 Å². The topological polar surface area (TPSA) is 101 Å². The molecule has 2 rings (SSSR count). The van der Waals surface area contributed by atoms with Crippen LogP contribution in [0.5, 0.6) is 0 Å². The molecule has 0 fully saturated rings. The molecule has 184 valence electrons. The monoisotopic (exact) mass is 482 g/mol. The highest BCUT2D eigenvalue weighted by Crippen LogP contribution is 2.18. The Morgan fingerprint density at radius 1 is 0.697 bits per heavy atom. The predicted molar refractivity (Wildman–Crippen MR) is 124 cm³/mol. The van der Waals surface area contributed by atoms with Crippen LogP contribution in [0.2, 0.25) is 0 Å². The van der Waals surface area contributed by atoms with E-state index in [0.29, 0.717) is 78.1 Å². The first-order chi connectivity index (χ1) is 16.0. The molecule has 2 aromatic rings. The van der Waals surface area contributed by atoms with Crippen molar-refractivity contribution in [3.63, 3.8) is 0 Å². The average Bonchev–Trinajstić information content (AvgIpc) is 2.78. The molecule has 1 N–H and O–H groups in total. The minimum absolute atomic E-state index is 0.0752. The highest BCUT2D eigenvalue weighted by molar-refractivity contribution is 7.85. The van der Waals surface area contributed by atoms with Crippen LogP contribution in [0, 0.1) is 6.92 Å². The van der Waals surface area contributed by atoms with E-state index in [-0.39, 0.29) is 4.90 Å². The summed E-state index contributed by atoms with van der Waals surface area (Å²) in [5.74, 6) is 0. The SMILES string of the molecule is Cc1ccc(S(=O)(=O)O)c(CCOCCOCCOCCOCCOCc2ccccc2)c1. The molecule has 0 amide bonds. The first kappa shape index (κ1) is 27.4. The van der Waals surface area contributed by atoms with E-state index >= 15 is 0 Å². The molecule has 0 heterocycles. The van der Waals surface area contributed by atoms with Crippen LogP contribution in [0.15, 0.2) is 53.4 Å². The third-order valence-corrected chi connectivity index (χ3v) is 5.56. The van der Waals surface area contributed by atoms with Crippen LogP contribution in [0.1, 0.15) is 16.7 Å². The van der Waals surface area contributed by atoms with Gasteiger partial charge in [-0.2, -0.15) is 8.42 Å². The molecule has 2 aromatic carbocycles. The fourth-order valence-corrected chi connectivity index (χ4v) is 3.71. The summed E-state index contributed by atoms with van der Waals surface area (Å²) in [7, 11) is -4.24. The van der Waals surface area contributed by atoms with Gasteiger partial charge >= 0.3 is 0 Å². The standard InChI is InChI=1S/C24H34O8S/c1-21-7-8-24(33(25,26)27)23(19-21)9-10-28-11-12-29-13-14-30-15-16-31-17-18-32-20-22-5-3-2-4-6-22/h2-8,19H,9-18,20H2,1H3,(H,25,26,27). The van der Waals surface area contributed by atoms with Gasteiger partial charge in [0.15, 0.2) is 0 Å². The van der Waals surface area contributed by atoms with E-state index in [0.717, 1.165) is 11.1 Å². The Labute approximate surface area is 196 Å². The molecule has 0 bridgehead atoms. The maximum atomic E-state index is 11.4. The van der Waals surface area contributed by atoms with E-state index in [4.69, 9.17) is 23.7 Å². The van der Waals surface area contributed by atoms with Crippen molar-refractivity contribution in [3.8, 4) is 0 Å². The molecular weight excluding hydrogens is 448 g/mol.